The van der Waals surface area contributed by atoms with Crippen LogP contribution in [0.4, 0.5) is 5.69 Å². The van der Waals surface area contributed by atoms with E-state index in [1.165, 1.54) is 0 Å². The fourth-order valence-electron chi connectivity index (χ4n) is 1.94. The number of ether oxygens (including phenoxy) is 1. The highest BCUT2D eigenvalue weighted by molar-refractivity contribution is 6.33. The number of hydrogen-bond donors (Lipinski definition) is 1. The summed E-state index contributed by atoms with van der Waals surface area (Å²) in [4.78, 5) is 11.7. The van der Waals surface area contributed by atoms with E-state index in [-0.39, 0.29) is 12.0 Å². The van der Waals surface area contributed by atoms with Gasteiger partial charge in [-0.1, -0.05) is 23.7 Å². The van der Waals surface area contributed by atoms with Crippen molar-refractivity contribution in [2.24, 2.45) is 0 Å². The largest absolute Gasteiger partial charge is 0.378 e. The lowest BCUT2D eigenvalue weighted by Gasteiger charge is -2.10. The van der Waals surface area contributed by atoms with Crippen LogP contribution in [0.25, 0.3) is 0 Å². The molecule has 1 aliphatic heterocycles. The quantitative estimate of drug-likeness (QED) is 0.895. The van der Waals surface area contributed by atoms with E-state index in [9.17, 15) is 4.79 Å². The third-order valence-corrected chi connectivity index (χ3v) is 3.19. The molecule has 0 aromatic heterocycles. The molecule has 1 atom stereocenters. The number of hydrogen-bond acceptors (Lipinski definition) is 2. The van der Waals surface area contributed by atoms with Crippen LogP contribution in [0, 0.1) is 0 Å². The van der Waals surface area contributed by atoms with Crippen LogP contribution >= 0.6 is 11.6 Å². The van der Waals surface area contributed by atoms with E-state index in [0.717, 1.165) is 25.9 Å². The summed E-state index contributed by atoms with van der Waals surface area (Å²) in [5.74, 6) is -0.00593. The van der Waals surface area contributed by atoms with Crippen molar-refractivity contribution in [3.8, 4) is 0 Å². The van der Waals surface area contributed by atoms with Gasteiger partial charge in [0.15, 0.2) is 0 Å². The minimum absolute atomic E-state index is 0.00593. The number of carbonyl (C=O) groups excluding carboxylic acids is 1. The molecule has 3 nitrogen and oxygen atoms in total. The van der Waals surface area contributed by atoms with E-state index >= 15 is 0 Å². The molecule has 0 aliphatic carbocycles. The maximum absolute atomic E-state index is 11.7. The molecule has 1 aromatic carbocycles. The molecule has 0 bridgehead atoms. The fraction of sp³-hybridized carbons (Fsp3) is 0.462. The lowest BCUT2D eigenvalue weighted by atomic mass is 10.1. The third-order valence-electron chi connectivity index (χ3n) is 2.87. The lowest BCUT2D eigenvalue weighted by Crippen LogP contribution is -2.15. The Morgan fingerprint density at radius 3 is 3.00 bits per heavy atom. The number of amides is 1. The van der Waals surface area contributed by atoms with Crippen molar-refractivity contribution in [3.05, 3.63) is 29.3 Å². The molecule has 0 saturated carbocycles. The first-order valence-electron chi connectivity index (χ1n) is 5.91. The van der Waals surface area contributed by atoms with Crippen molar-refractivity contribution in [1.29, 1.82) is 0 Å². The molecule has 0 spiro atoms. The number of halogens is 1. The molecule has 1 heterocycles. The summed E-state index contributed by atoms with van der Waals surface area (Å²) in [6, 6.07) is 7.25. The zero-order valence-electron chi connectivity index (χ0n) is 9.62. The van der Waals surface area contributed by atoms with Gasteiger partial charge in [0, 0.05) is 13.0 Å². The van der Waals surface area contributed by atoms with Gasteiger partial charge in [-0.15, -0.1) is 0 Å². The van der Waals surface area contributed by atoms with Crippen molar-refractivity contribution in [1.82, 2.24) is 0 Å². The van der Waals surface area contributed by atoms with Crippen LogP contribution in [-0.2, 0) is 9.53 Å². The van der Waals surface area contributed by atoms with E-state index in [0.29, 0.717) is 17.1 Å². The molecular formula is C13H16ClNO2. The first-order chi connectivity index (χ1) is 8.25. The van der Waals surface area contributed by atoms with Crippen LogP contribution in [0.3, 0.4) is 0 Å². The molecule has 1 amide bonds. The smallest absolute Gasteiger partial charge is 0.224 e. The second kappa shape index (κ2) is 6.03. The Morgan fingerprint density at radius 2 is 2.29 bits per heavy atom. The molecule has 1 aromatic rings. The van der Waals surface area contributed by atoms with Gasteiger partial charge in [0.05, 0.1) is 16.8 Å². The van der Waals surface area contributed by atoms with E-state index in [1.54, 1.807) is 12.1 Å². The Kier molecular flexibility index (Phi) is 4.40. The second-order valence-corrected chi connectivity index (χ2v) is 4.61. The molecule has 92 valence electrons. The Labute approximate surface area is 106 Å². The van der Waals surface area contributed by atoms with E-state index in [4.69, 9.17) is 16.3 Å². The van der Waals surface area contributed by atoms with Gasteiger partial charge in [0.2, 0.25) is 5.91 Å². The molecule has 1 aliphatic rings. The highest BCUT2D eigenvalue weighted by Crippen LogP contribution is 2.21. The van der Waals surface area contributed by atoms with Crippen LogP contribution in [0.5, 0.6) is 0 Å². The molecule has 4 heteroatoms. The summed E-state index contributed by atoms with van der Waals surface area (Å²) in [5, 5.41) is 3.38. The molecule has 17 heavy (non-hydrogen) atoms. The third kappa shape index (κ3) is 3.72. The highest BCUT2D eigenvalue weighted by atomic mass is 35.5. The van der Waals surface area contributed by atoms with Crippen LogP contribution in [-0.4, -0.2) is 18.6 Å². The van der Waals surface area contributed by atoms with E-state index in [1.807, 2.05) is 12.1 Å². The Balaban J connectivity index is 1.79. The first-order valence-corrected chi connectivity index (χ1v) is 6.29. The van der Waals surface area contributed by atoms with Crippen LogP contribution < -0.4 is 5.32 Å². The van der Waals surface area contributed by atoms with Gasteiger partial charge < -0.3 is 10.1 Å². The van der Waals surface area contributed by atoms with Gasteiger partial charge >= 0.3 is 0 Å². The van der Waals surface area contributed by atoms with Gasteiger partial charge in [-0.2, -0.15) is 0 Å². The van der Waals surface area contributed by atoms with Gasteiger partial charge in [0.1, 0.15) is 0 Å². The molecule has 0 radical (unpaired) electrons. The average Bonchev–Trinajstić information content (AvgIpc) is 2.82. The maximum atomic E-state index is 11.7. The number of carbonyl (C=O) groups is 1. The van der Waals surface area contributed by atoms with E-state index < -0.39 is 0 Å². The Bertz CT molecular complexity index is 389. The summed E-state index contributed by atoms with van der Waals surface area (Å²) >= 11 is 5.96. The number of nitrogens with one attached hydrogen (secondary N) is 1. The molecule has 1 fully saturated rings. The Hall–Kier alpha value is -1.06. The topological polar surface area (TPSA) is 38.3 Å². The van der Waals surface area contributed by atoms with Crippen LogP contribution in [0.1, 0.15) is 25.7 Å². The highest BCUT2D eigenvalue weighted by Gasteiger charge is 2.16. The number of para-hydroxylation sites is 1. The van der Waals surface area contributed by atoms with Crippen molar-refractivity contribution >= 4 is 23.2 Å². The number of anilines is 1. The molecular weight excluding hydrogens is 238 g/mol. The summed E-state index contributed by atoms with van der Waals surface area (Å²) < 4.78 is 5.47. The lowest BCUT2D eigenvalue weighted by molar-refractivity contribution is -0.116. The summed E-state index contributed by atoms with van der Waals surface area (Å²) in [6.45, 7) is 0.830. The monoisotopic (exact) mass is 253 g/mol. The summed E-state index contributed by atoms with van der Waals surface area (Å²) in [5.41, 5.74) is 0.673. The summed E-state index contributed by atoms with van der Waals surface area (Å²) in [6.07, 6.45) is 3.70. The van der Waals surface area contributed by atoms with Crippen molar-refractivity contribution < 1.29 is 9.53 Å². The van der Waals surface area contributed by atoms with Gasteiger partial charge in [-0.3, -0.25) is 4.79 Å². The normalized spacial score (nSPS) is 19.2. The summed E-state index contributed by atoms with van der Waals surface area (Å²) in [7, 11) is 0. The molecule has 1 saturated heterocycles. The standard InChI is InChI=1S/C13H16ClNO2/c14-11-5-1-2-6-12(11)15-13(16)8-7-10-4-3-9-17-10/h1-2,5-6,10H,3-4,7-9H2,(H,15,16)/t10-/m1/s1. The number of rotatable bonds is 4. The first kappa shape index (κ1) is 12.4. The molecule has 0 unspecified atom stereocenters. The SMILES string of the molecule is O=C(CC[C@H]1CCCO1)Nc1ccccc1Cl. The average molecular weight is 254 g/mol. The van der Waals surface area contributed by atoms with E-state index in [2.05, 4.69) is 5.32 Å². The molecule has 1 N–H and O–H groups in total. The van der Waals surface area contributed by atoms with Crippen LogP contribution in [0.15, 0.2) is 24.3 Å². The Morgan fingerprint density at radius 1 is 1.47 bits per heavy atom. The van der Waals surface area contributed by atoms with Crippen molar-refractivity contribution in [2.45, 2.75) is 31.8 Å². The van der Waals surface area contributed by atoms with Crippen LogP contribution in [0.2, 0.25) is 5.02 Å². The zero-order chi connectivity index (χ0) is 12.1. The van der Waals surface area contributed by atoms with Crippen molar-refractivity contribution in [3.63, 3.8) is 0 Å². The minimum Gasteiger partial charge on any atom is -0.378 e. The van der Waals surface area contributed by atoms with Crippen molar-refractivity contribution in [2.75, 3.05) is 11.9 Å². The second-order valence-electron chi connectivity index (χ2n) is 4.20. The minimum atomic E-state index is -0.00593. The molecule has 2 rings (SSSR count). The predicted octanol–water partition coefficient (Wildman–Crippen LogP) is 3.24. The zero-order valence-corrected chi connectivity index (χ0v) is 10.4. The van der Waals surface area contributed by atoms with Gasteiger partial charge in [-0.05, 0) is 31.4 Å². The fourth-order valence-corrected chi connectivity index (χ4v) is 2.12. The predicted molar refractivity (Wildman–Crippen MR) is 68.3 cm³/mol. The number of benzene rings is 1. The van der Waals surface area contributed by atoms with Gasteiger partial charge in [0.25, 0.3) is 0 Å². The maximum Gasteiger partial charge on any atom is 0.224 e. The van der Waals surface area contributed by atoms with Gasteiger partial charge in [-0.25, -0.2) is 0 Å².